The third-order valence-corrected chi connectivity index (χ3v) is 6.56. The van der Waals surface area contributed by atoms with Crippen LogP contribution < -0.4 is 10.0 Å². The number of hydrogen-bond donors (Lipinski definition) is 3. The van der Waals surface area contributed by atoms with E-state index in [2.05, 4.69) is 20.0 Å². The molecule has 0 fully saturated rings. The molecule has 4 aromatic rings. The van der Waals surface area contributed by atoms with E-state index in [4.69, 9.17) is 0 Å². The van der Waals surface area contributed by atoms with Gasteiger partial charge in [-0.05, 0) is 42.3 Å². The SMILES string of the molecule is Cc1ccc(S(=O)(=O)NCc2ccccc2)cc1C(=O)NCCc1nc2ccccc2[nH]1. The quantitative estimate of drug-likeness (QED) is 0.385. The summed E-state index contributed by atoms with van der Waals surface area (Å²) >= 11 is 0. The molecule has 0 aliphatic heterocycles. The molecule has 0 aliphatic carbocycles. The van der Waals surface area contributed by atoms with Crippen LogP contribution in [0.15, 0.2) is 77.7 Å². The van der Waals surface area contributed by atoms with Gasteiger partial charge in [-0.3, -0.25) is 4.79 Å². The van der Waals surface area contributed by atoms with Crippen LogP contribution >= 0.6 is 0 Å². The Kier molecular flexibility index (Phi) is 6.34. The van der Waals surface area contributed by atoms with E-state index in [0.29, 0.717) is 24.1 Å². The van der Waals surface area contributed by atoms with Crippen molar-refractivity contribution in [2.45, 2.75) is 24.8 Å². The van der Waals surface area contributed by atoms with Gasteiger partial charge in [0.25, 0.3) is 5.91 Å². The van der Waals surface area contributed by atoms with Crippen LogP contribution in [-0.2, 0) is 23.0 Å². The number of fused-ring (bicyclic) bond motifs is 1. The first kappa shape index (κ1) is 21.7. The maximum Gasteiger partial charge on any atom is 0.251 e. The number of carbonyl (C=O) groups is 1. The second-order valence-electron chi connectivity index (χ2n) is 7.49. The predicted octanol–water partition coefficient (Wildman–Crippen LogP) is 3.32. The van der Waals surface area contributed by atoms with Gasteiger partial charge in [0.1, 0.15) is 5.82 Å². The van der Waals surface area contributed by atoms with Crippen LogP contribution in [0, 0.1) is 6.92 Å². The standard InChI is InChI=1S/C24H24N4O3S/c1-17-11-12-19(32(30,31)26-16-18-7-3-2-4-8-18)15-20(17)24(29)25-14-13-23-27-21-9-5-6-10-22(21)28-23/h2-12,15,26H,13-14,16H2,1H3,(H,25,29)(H,27,28). The number of nitrogens with one attached hydrogen (secondary N) is 3. The highest BCUT2D eigenvalue weighted by atomic mass is 32.2. The van der Waals surface area contributed by atoms with Gasteiger partial charge >= 0.3 is 0 Å². The highest BCUT2D eigenvalue weighted by Crippen LogP contribution is 2.16. The lowest BCUT2D eigenvalue weighted by Gasteiger charge is -2.11. The van der Waals surface area contributed by atoms with Crippen molar-refractivity contribution in [1.82, 2.24) is 20.0 Å². The van der Waals surface area contributed by atoms with E-state index in [1.807, 2.05) is 54.6 Å². The topological polar surface area (TPSA) is 104 Å². The second kappa shape index (κ2) is 9.33. The maximum absolute atomic E-state index is 12.7. The van der Waals surface area contributed by atoms with Gasteiger partial charge in [0.05, 0.1) is 15.9 Å². The Morgan fingerprint density at radius 3 is 2.53 bits per heavy atom. The summed E-state index contributed by atoms with van der Waals surface area (Å²) in [6.07, 6.45) is 0.538. The average Bonchev–Trinajstić information content (AvgIpc) is 3.21. The number of carbonyl (C=O) groups excluding carboxylic acids is 1. The zero-order valence-electron chi connectivity index (χ0n) is 17.6. The zero-order chi connectivity index (χ0) is 22.6. The van der Waals surface area contributed by atoms with Gasteiger partial charge < -0.3 is 10.3 Å². The Balaban J connectivity index is 1.41. The Morgan fingerprint density at radius 1 is 1.00 bits per heavy atom. The summed E-state index contributed by atoms with van der Waals surface area (Å²) in [7, 11) is -3.75. The van der Waals surface area contributed by atoms with Crippen LogP contribution in [0.5, 0.6) is 0 Å². The number of imidazole rings is 1. The van der Waals surface area contributed by atoms with Crippen molar-refractivity contribution in [1.29, 1.82) is 0 Å². The van der Waals surface area contributed by atoms with Crippen LogP contribution in [-0.4, -0.2) is 30.8 Å². The van der Waals surface area contributed by atoms with Gasteiger partial charge in [0, 0.05) is 25.1 Å². The number of nitrogens with zero attached hydrogens (tertiary/aromatic N) is 1. The molecule has 164 valence electrons. The number of H-pyrrole nitrogens is 1. The second-order valence-corrected chi connectivity index (χ2v) is 9.26. The van der Waals surface area contributed by atoms with Crippen molar-refractivity contribution >= 4 is 27.0 Å². The molecule has 0 radical (unpaired) electrons. The van der Waals surface area contributed by atoms with Crippen molar-refractivity contribution in [3.8, 4) is 0 Å². The highest BCUT2D eigenvalue weighted by molar-refractivity contribution is 7.89. The van der Waals surface area contributed by atoms with E-state index in [9.17, 15) is 13.2 Å². The maximum atomic E-state index is 12.7. The minimum atomic E-state index is -3.75. The molecule has 0 unspecified atom stereocenters. The largest absolute Gasteiger partial charge is 0.352 e. The smallest absolute Gasteiger partial charge is 0.251 e. The Bertz CT molecular complexity index is 1320. The molecule has 0 spiro atoms. The van der Waals surface area contributed by atoms with Crippen LogP contribution in [0.3, 0.4) is 0 Å². The molecule has 1 amide bonds. The number of benzene rings is 3. The minimum absolute atomic E-state index is 0.0569. The van der Waals surface area contributed by atoms with E-state index in [0.717, 1.165) is 22.4 Å². The lowest BCUT2D eigenvalue weighted by molar-refractivity contribution is 0.0953. The van der Waals surface area contributed by atoms with E-state index in [1.165, 1.54) is 12.1 Å². The van der Waals surface area contributed by atoms with Crippen molar-refractivity contribution < 1.29 is 13.2 Å². The molecule has 3 aromatic carbocycles. The van der Waals surface area contributed by atoms with Gasteiger partial charge in [0.2, 0.25) is 10.0 Å². The van der Waals surface area contributed by atoms with Crippen molar-refractivity contribution in [3.05, 3.63) is 95.3 Å². The molecule has 0 bridgehead atoms. The molecule has 4 rings (SSSR count). The summed E-state index contributed by atoms with van der Waals surface area (Å²) < 4.78 is 28.0. The van der Waals surface area contributed by atoms with Crippen molar-refractivity contribution in [2.24, 2.45) is 0 Å². The Labute approximate surface area is 187 Å². The Morgan fingerprint density at radius 2 is 1.75 bits per heavy atom. The normalized spacial score (nSPS) is 11.5. The highest BCUT2D eigenvalue weighted by Gasteiger charge is 2.18. The monoisotopic (exact) mass is 448 g/mol. The fourth-order valence-corrected chi connectivity index (χ4v) is 4.43. The number of aryl methyl sites for hydroxylation is 1. The minimum Gasteiger partial charge on any atom is -0.352 e. The molecule has 3 N–H and O–H groups in total. The number of rotatable bonds is 8. The molecule has 1 heterocycles. The third-order valence-electron chi connectivity index (χ3n) is 5.16. The number of amides is 1. The third kappa shape index (κ3) is 5.04. The molecule has 0 atom stereocenters. The fraction of sp³-hybridized carbons (Fsp3) is 0.167. The molecule has 0 aliphatic rings. The molecule has 1 aromatic heterocycles. The van der Waals surface area contributed by atoms with E-state index in [-0.39, 0.29) is 17.3 Å². The van der Waals surface area contributed by atoms with E-state index < -0.39 is 10.0 Å². The van der Waals surface area contributed by atoms with E-state index in [1.54, 1.807) is 13.0 Å². The average molecular weight is 449 g/mol. The molecular weight excluding hydrogens is 424 g/mol. The molecular formula is C24H24N4O3S. The predicted molar refractivity (Wildman–Crippen MR) is 124 cm³/mol. The summed E-state index contributed by atoms with van der Waals surface area (Å²) in [5.74, 6) is 0.461. The van der Waals surface area contributed by atoms with Crippen molar-refractivity contribution in [2.75, 3.05) is 6.54 Å². The lowest BCUT2D eigenvalue weighted by atomic mass is 10.1. The molecule has 0 saturated heterocycles. The lowest BCUT2D eigenvalue weighted by Crippen LogP contribution is -2.28. The summed E-state index contributed by atoms with van der Waals surface area (Å²) in [5, 5.41) is 2.85. The van der Waals surface area contributed by atoms with Gasteiger partial charge in [0.15, 0.2) is 0 Å². The number of aromatic amines is 1. The van der Waals surface area contributed by atoms with Crippen LogP contribution in [0.25, 0.3) is 11.0 Å². The fourth-order valence-electron chi connectivity index (χ4n) is 3.38. The first-order valence-corrected chi connectivity index (χ1v) is 11.8. The summed E-state index contributed by atoms with van der Waals surface area (Å²) in [6, 6.07) is 21.6. The molecule has 0 saturated carbocycles. The van der Waals surface area contributed by atoms with Crippen LogP contribution in [0.1, 0.15) is 27.3 Å². The van der Waals surface area contributed by atoms with Gasteiger partial charge in [-0.25, -0.2) is 18.1 Å². The number of hydrogen-bond acceptors (Lipinski definition) is 4. The summed E-state index contributed by atoms with van der Waals surface area (Å²) in [5.41, 5.74) is 3.72. The van der Waals surface area contributed by atoms with Crippen LogP contribution in [0.4, 0.5) is 0 Å². The number of para-hydroxylation sites is 2. The number of sulfonamides is 1. The first-order chi connectivity index (χ1) is 15.4. The Hall–Kier alpha value is -3.49. The summed E-state index contributed by atoms with van der Waals surface area (Å²) in [6.45, 7) is 2.33. The zero-order valence-corrected chi connectivity index (χ0v) is 18.4. The van der Waals surface area contributed by atoms with Gasteiger partial charge in [-0.15, -0.1) is 0 Å². The first-order valence-electron chi connectivity index (χ1n) is 10.3. The molecule has 8 heteroatoms. The van der Waals surface area contributed by atoms with E-state index >= 15 is 0 Å². The van der Waals surface area contributed by atoms with Gasteiger partial charge in [-0.1, -0.05) is 48.5 Å². The summed E-state index contributed by atoms with van der Waals surface area (Å²) in [4.78, 5) is 20.5. The van der Waals surface area contributed by atoms with Crippen molar-refractivity contribution in [3.63, 3.8) is 0 Å². The molecule has 32 heavy (non-hydrogen) atoms. The van der Waals surface area contributed by atoms with Gasteiger partial charge in [-0.2, -0.15) is 0 Å². The number of aromatic nitrogens is 2. The molecule has 7 nitrogen and oxygen atoms in total. The van der Waals surface area contributed by atoms with Crippen LogP contribution in [0.2, 0.25) is 0 Å².